The van der Waals surface area contributed by atoms with E-state index in [0.717, 1.165) is 0 Å². The summed E-state index contributed by atoms with van der Waals surface area (Å²) in [5, 5.41) is 22.0. The molecule has 0 aliphatic heterocycles. The first-order chi connectivity index (χ1) is 63.6. The van der Waals surface area contributed by atoms with Crippen molar-refractivity contribution < 1.29 is 0 Å². The summed E-state index contributed by atoms with van der Waals surface area (Å²) in [6.07, 6.45) is 0. The summed E-state index contributed by atoms with van der Waals surface area (Å²) in [4.78, 5) is 0. The van der Waals surface area contributed by atoms with Gasteiger partial charge in [0.2, 0.25) is 0 Å². The Morgan fingerprint density at radius 2 is 0.117 bits per heavy atom. The van der Waals surface area contributed by atoms with Crippen LogP contribution in [0.3, 0.4) is 0 Å². The molecule has 0 saturated carbocycles. The molecule has 0 atom stereocenters. The fourth-order valence-corrected chi connectivity index (χ4v) is 21.9. The van der Waals surface area contributed by atoms with Crippen molar-refractivity contribution >= 4 is 86.2 Å². The minimum atomic E-state index is 1.34. The first-order valence-electron chi connectivity index (χ1n) is 44.5. The Labute approximate surface area is 744 Å². The first kappa shape index (κ1) is 74.0. The SMILES string of the molecule is c1ccc2c(c1)-c1cccc3cccc-2c13.c1ccc2c(c1)-c1cccc3cccc-2c13.c1ccc2c(c1)-c1cccc3cccc-2c13.c1ccc2c(c1)-c1cccc3cccc-2c13.c1ccc2c(c1)-c1cccc3cccc-2c13.c1ccc2c(c1)-c1cccc3cccc-2c13.c1ccc2c(c1)-c1cccc3cccc-2c13.c1ccc2c(c1)-c1cccc3cccc-2c13. The zero-order chi connectivity index (χ0) is 84.3. The van der Waals surface area contributed by atoms with Crippen LogP contribution in [0.5, 0.6) is 0 Å². The molecule has 0 fully saturated rings. The van der Waals surface area contributed by atoms with Gasteiger partial charge in [-0.25, -0.2) is 0 Å². The third-order valence-corrected chi connectivity index (χ3v) is 27.3. The lowest BCUT2D eigenvalue weighted by atomic mass is 10.0. The molecular formula is C128H80. The lowest BCUT2D eigenvalue weighted by molar-refractivity contribution is 1.70. The molecule has 0 heteroatoms. The van der Waals surface area contributed by atoms with Crippen molar-refractivity contribution in [1.82, 2.24) is 0 Å². The lowest BCUT2D eigenvalue weighted by Gasteiger charge is -2.00. The van der Waals surface area contributed by atoms with Gasteiger partial charge in [0.15, 0.2) is 0 Å². The van der Waals surface area contributed by atoms with Crippen LogP contribution in [0.4, 0.5) is 0 Å². The molecule has 592 valence electrons. The molecule has 0 N–H and O–H groups in total. The summed E-state index contributed by atoms with van der Waals surface area (Å²) >= 11 is 0. The number of rotatable bonds is 0. The molecule has 0 radical (unpaired) electrons. The van der Waals surface area contributed by atoms with Crippen molar-refractivity contribution in [2.75, 3.05) is 0 Å². The van der Waals surface area contributed by atoms with E-state index in [1.54, 1.807) is 0 Å². The molecule has 0 nitrogen and oxygen atoms in total. The second kappa shape index (κ2) is 30.7. The maximum absolute atomic E-state index is 2.22. The smallest absolute Gasteiger partial charge is 0.00264 e. The highest BCUT2D eigenvalue weighted by molar-refractivity contribution is 6.22. The number of fused-ring (bicyclic) bond motifs is 24. The van der Waals surface area contributed by atoms with Crippen molar-refractivity contribution in [2.24, 2.45) is 0 Å². The van der Waals surface area contributed by atoms with Gasteiger partial charge in [0.1, 0.15) is 0 Å². The maximum atomic E-state index is 2.22. The Bertz CT molecular complexity index is 6720. The van der Waals surface area contributed by atoms with Crippen LogP contribution in [-0.4, -0.2) is 0 Å². The number of benzene rings is 24. The second-order valence-electron chi connectivity index (χ2n) is 34.0. The van der Waals surface area contributed by atoms with Gasteiger partial charge in [-0.05, 0) is 264 Å². The topological polar surface area (TPSA) is 0 Å². The normalized spacial score (nSPS) is 11.8. The maximum Gasteiger partial charge on any atom is -0.00264 e. The lowest BCUT2D eigenvalue weighted by Crippen LogP contribution is -1.73. The van der Waals surface area contributed by atoms with Gasteiger partial charge in [0.05, 0.1) is 0 Å². The van der Waals surface area contributed by atoms with E-state index < -0.39 is 0 Å². The third kappa shape index (κ3) is 12.0. The Kier molecular flexibility index (Phi) is 17.8. The van der Waals surface area contributed by atoms with Gasteiger partial charge in [0.25, 0.3) is 0 Å². The Hall–Kier alpha value is -16.6. The summed E-state index contributed by atoms with van der Waals surface area (Å²) in [5.74, 6) is 0. The molecule has 0 bridgehead atoms. The fraction of sp³-hybridized carbons (Fsp3) is 0. The highest BCUT2D eigenvalue weighted by Crippen LogP contribution is 2.55. The van der Waals surface area contributed by atoms with Crippen LogP contribution in [0.1, 0.15) is 0 Å². The van der Waals surface area contributed by atoms with Crippen LogP contribution in [0.15, 0.2) is 485 Å². The Balaban J connectivity index is 0.0000000793. The predicted molar refractivity (Wildman–Crippen MR) is 547 cm³/mol. The second-order valence-corrected chi connectivity index (χ2v) is 34.0. The molecule has 0 heterocycles. The van der Waals surface area contributed by atoms with Crippen molar-refractivity contribution in [3.05, 3.63) is 485 Å². The van der Waals surface area contributed by atoms with E-state index in [4.69, 9.17) is 0 Å². The molecule has 128 heavy (non-hydrogen) atoms. The first-order valence-corrected chi connectivity index (χ1v) is 44.5. The molecule has 24 aromatic rings. The highest BCUT2D eigenvalue weighted by Gasteiger charge is 2.28. The molecule has 0 unspecified atom stereocenters. The van der Waals surface area contributed by atoms with E-state index in [-0.39, 0.29) is 0 Å². The van der Waals surface area contributed by atoms with Gasteiger partial charge in [-0.2, -0.15) is 0 Å². The Morgan fingerprint density at radius 1 is 0.0547 bits per heavy atom. The van der Waals surface area contributed by atoms with Gasteiger partial charge in [-0.1, -0.05) is 485 Å². The number of hydrogen-bond donors (Lipinski definition) is 0. The molecule has 32 rings (SSSR count). The van der Waals surface area contributed by atoms with E-state index in [1.165, 1.54) is 264 Å². The number of hydrogen-bond acceptors (Lipinski definition) is 0. The van der Waals surface area contributed by atoms with Crippen LogP contribution in [-0.2, 0) is 0 Å². The van der Waals surface area contributed by atoms with Gasteiger partial charge in [-0.3, -0.25) is 0 Å². The van der Waals surface area contributed by atoms with Crippen molar-refractivity contribution in [3.8, 4) is 178 Å². The van der Waals surface area contributed by atoms with Gasteiger partial charge >= 0.3 is 0 Å². The Morgan fingerprint density at radius 3 is 0.188 bits per heavy atom. The molecule has 0 saturated heterocycles. The minimum Gasteiger partial charge on any atom is -0.0616 e. The van der Waals surface area contributed by atoms with E-state index >= 15 is 0 Å². The average Bonchev–Trinajstić information content (AvgIpc) is 1.65. The average molecular weight is 1620 g/mol. The molecule has 0 aromatic heterocycles. The summed E-state index contributed by atoms with van der Waals surface area (Å²) < 4.78 is 0. The quantitative estimate of drug-likeness (QED) is 0.142. The van der Waals surface area contributed by atoms with Crippen molar-refractivity contribution in [2.45, 2.75) is 0 Å². The molecule has 24 aromatic carbocycles. The fourth-order valence-electron chi connectivity index (χ4n) is 21.9. The standard InChI is InChI=1S/8C16H10/c8*1-2-8-13-12(7-1)14-9-3-5-11-6-4-10-15(13)16(11)14/h8*1-10H. The summed E-state index contributed by atoms with van der Waals surface area (Å²) in [6, 6.07) is 174. The van der Waals surface area contributed by atoms with E-state index in [9.17, 15) is 0 Å². The van der Waals surface area contributed by atoms with E-state index in [2.05, 4.69) is 485 Å². The minimum absolute atomic E-state index is 1.34. The predicted octanol–water partition coefficient (Wildman–Crippen LogP) is 35.9. The highest BCUT2D eigenvalue weighted by atomic mass is 14.3. The van der Waals surface area contributed by atoms with Crippen LogP contribution in [0, 0.1) is 0 Å². The van der Waals surface area contributed by atoms with Crippen LogP contribution >= 0.6 is 0 Å². The van der Waals surface area contributed by atoms with E-state index in [0.29, 0.717) is 0 Å². The van der Waals surface area contributed by atoms with Gasteiger partial charge in [0, 0.05) is 0 Å². The molecule has 8 aliphatic carbocycles. The zero-order valence-corrected chi connectivity index (χ0v) is 70.2. The van der Waals surface area contributed by atoms with Crippen LogP contribution in [0.2, 0.25) is 0 Å². The van der Waals surface area contributed by atoms with Gasteiger partial charge < -0.3 is 0 Å². The summed E-state index contributed by atoms with van der Waals surface area (Å²) in [6.45, 7) is 0. The monoisotopic (exact) mass is 1620 g/mol. The van der Waals surface area contributed by atoms with Crippen molar-refractivity contribution in [1.29, 1.82) is 0 Å². The third-order valence-electron chi connectivity index (χ3n) is 27.3. The van der Waals surface area contributed by atoms with Gasteiger partial charge in [-0.15, -0.1) is 0 Å². The molecule has 0 amide bonds. The van der Waals surface area contributed by atoms with Crippen molar-refractivity contribution in [3.63, 3.8) is 0 Å². The molecular weight excluding hydrogens is 1540 g/mol. The summed E-state index contributed by atoms with van der Waals surface area (Å²) in [5.41, 5.74) is 44.0. The molecule has 8 aliphatic rings. The molecule has 0 spiro atoms. The van der Waals surface area contributed by atoms with Crippen LogP contribution < -0.4 is 0 Å². The van der Waals surface area contributed by atoms with Crippen LogP contribution in [0.25, 0.3) is 264 Å². The zero-order valence-electron chi connectivity index (χ0n) is 70.2. The largest absolute Gasteiger partial charge is 0.0616 e. The van der Waals surface area contributed by atoms with E-state index in [1.807, 2.05) is 0 Å². The summed E-state index contributed by atoms with van der Waals surface area (Å²) in [7, 11) is 0.